The molecule has 1 aliphatic rings. The Hall–Kier alpha value is -0.380. The zero-order valence-electron chi connectivity index (χ0n) is 10.8. The van der Waals surface area contributed by atoms with Crippen molar-refractivity contribution < 1.29 is 21.6 Å². The average Bonchev–Trinajstić information content (AvgIpc) is 2.25. The highest BCUT2D eigenvalue weighted by molar-refractivity contribution is 7.88. The molecule has 1 rings (SSSR count). The van der Waals surface area contributed by atoms with E-state index in [1.807, 2.05) is 0 Å². The quantitative estimate of drug-likeness (QED) is 0.583. The summed E-state index contributed by atoms with van der Waals surface area (Å²) in [6, 6.07) is -0.871. The maximum atomic E-state index is 12.3. The molecule has 5 nitrogen and oxygen atoms in total. The van der Waals surface area contributed by atoms with E-state index in [0.29, 0.717) is 13.0 Å². The number of hydrogen-bond acceptors (Lipinski definition) is 4. The minimum atomic E-state index is -4.28. The zero-order valence-corrected chi connectivity index (χ0v) is 11.6. The first-order valence-electron chi connectivity index (χ1n) is 6.10. The van der Waals surface area contributed by atoms with Crippen LogP contribution in [0.4, 0.5) is 13.2 Å². The third-order valence-electron chi connectivity index (χ3n) is 3.28. The molecule has 1 saturated heterocycles. The highest BCUT2D eigenvalue weighted by atomic mass is 32.2. The normalized spacial score (nSPS) is 24.4. The largest absolute Gasteiger partial charge is 0.390 e. The highest BCUT2D eigenvalue weighted by Crippen LogP contribution is 2.27. The van der Waals surface area contributed by atoms with E-state index < -0.39 is 28.7 Å². The van der Waals surface area contributed by atoms with Crippen LogP contribution < -0.4 is 11.3 Å². The van der Waals surface area contributed by atoms with Gasteiger partial charge in [-0.05, 0) is 25.2 Å². The number of rotatable bonds is 5. The number of hydrogen-bond donors (Lipinski definition) is 2. The summed E-state index contributed by atoms with van der Waals surface area (Å²) in [6.07, 6.45) is -2.55. The van der Waals surface area contributed by atoms with Crippen LogP contribution in [0, 0.1) is 5.92 Å². The summed E-state index contributed by atoms with van der Waals surface area (Å²) < 4.78 is 61.1. The fourth-order valence-electron chi connectivity index (χ4n) is 2.41. The van der Waals surface area contributed by atoms with Crippen LogP contribution >= 0.6 is 0 Å². The van der Waals surface area contributed by atoms with Gasteiger partial charge in [-0.1, -0.05) is 0 Å². The number of nitrogens with two attached hydrogens (primary N) is 1. The first-order chi connectivity index (χ1) is 8.62. The Labute approximate surface area is 111 Å². The molecule has 9 heteroatoms. The number of piperidine rings is 1. The molecule has 0 aliphatic carbocycles. The minimum Gasteiger partial charge on any atom is -0.271 e. The van der Waals surface area contributed by atoms with Crippen molar-refractivity contribution in [3.8, 4) is 0 Å². The third kappa shape index (κ3) is 6.07. The van der Waals surface area contributed by atoms with Gasteiger partial charge in [0.05, 0.1) is 12.7 Å². The van der Waals surface area contributed by atoms with Crippen molar-refractivity contribution >= 4 is 10.0 Å². The Kier molecular flexibility index (Phi) is 5.60. The van der Waals surface area contributed by atoms with E-state index in [4.69, 9.17) is 5.84 Å². The Morgan fingerprint density at radius 3 is 2.58 bits per heavy atom. The van der Waals surface area contributed by atoms with Crippen LogP contribution in [0.3, 0.4) is 0 Å². The molecule has 1 fully saturated rings. The van der Waals surface area contributed by atoms with Crippen molar-refractivity contribution in [2.45, 2.75) is 37.9 Å². The van der Waals surface area contributed by atoms with E-state index in [-0.39, 0.29) is 18.9 Å². The molecular weight excluding hydrogens is 283 g/mol. The highest BCUT2D eigenvalue weighted by Gasteiger charge is 2.34. The molecule has 0 amide bonds. The molecule has 3 N–H and O–H groups in total. The van der Waals surface area contributed by atoms with E-state index in [0.717, 1.165) is 12.7 Å². The maximum absolute atomic E-state index is 12.3. The number of hydrazine groups is 1. The van der Waals surface area contributed by atoms with Gasteiger partial charge >= 0.3 is 6.18 Å². The number of nitrogens with zero attached hydrogens (tertiary/aromatic N) is 1. The second kappa shape index (κ2) is 6.38. The van der Waals surface area contributed by atoms with Gasteiger partial charge in [-0.15, -0.1) is 0 Å². The Balaban J connectivity index is 2.56. The van der Waals surface area contributed by atoms with Crippen LogP contribution in [-0.4, -0.2) is 44.3 Å². The van der Waals surface area contributed by atoms with Crippen LogP contribution in [0.5, 0.6) is 0 Å². The monoisotopic (exact) mass is 303 g/mol. The summed E-state index contributed by atoms with van der Waals surface area (Å²) in [5.74, 6) is 5.04. The third-order valence-corrected chi connectivity index (χ3v) is 4.55. The molecule has 0 spiro atoms. The van der Waals surface area contributed by atoms with Crippen molar-refractivity contribution in [1.29, 1.82) is 0 Å². The van der Waals surface area contributed by atoms with E-state index in [9.17, 15) is 21.6 Å². The maximum Gasteiger partial charge on any atom is 0.390 e. The molecule has 1 aliphatic heterocycles. The Morgan fingerprint density at radius 2 is 2.11 bits per heavy atom. The van der Waals surface area contributed by atoms with Crippen LogP contribution in [0.15, 0.2) is 0 Å². The number of sulfonamides is 1. The van der Waals surface area contributed by atoms with Crippen LogP contribution in [0.25, 0.3) is 0 Å². The first-order valence-corrected chi connectivity index (χ1v) is 7.94. The molecule has 1 heterocycles. The summed E-state index contributed by atoms with van der Waals surface area (Å²) in [5.41, 5.74) is 2.17. The van der Waals surface area contributed by atoms with Gasteiger partial charge in [0.1, 0.15) is 0 Å². The predicted octanol–water partition coefficient (Wildman–Crippen LogP) is 0.832. The molecule has 0 aromatic heterocycles. The van der Waals surface area contributed by atoms with Gasteiger partial charge in [0.15, 0.2) is 0 Å². The van der Waals surface area contributed by atoms with Gasteiger partial charge in [0.25, 0.3) is 0 Å². The van der Waals surface area contributed by atoms with Crippen LogP contribution in [0.1, 0.15) is 25.7 Å². The Morgan fingerprint density at radius 1 is 1.47 bits per heavy atom. The zero-order chi connectivity index (χ0) is 14.7. The van der Waals surface area contributed by atoms with E-state index in [2.05, 4.69) is 5.43 Å². The first kappa shape index (κ1) is 16.7. The predicted molar refractivity (Wildman–Crippen MR) is 65.5 cm³/mol. The smallest absolute Gasteiger partial charge is 0.271 e. The summed E-state index contributed by atoms with van der Waals surface area (Å²) in [5, 5.41) is 0. The number of nitrogens with one attached hydrogen (secondary N) is 1. The average molecular weight is 303 g/mol. The summed E-state index contributed by atoms with van der Waals surface area (Å²) in [4.78, 5) is 0. The van der Waals surface area contributed by atoms with Gasteiger partial charge in [0, 0.05) is 19.1 Å². The Bertz CT molecular complexity index is 386. The second-order valence-corrected chi connectivity index (χ2v) is 7.03. The lowest BCUT2D eigenvalue weighted by Crippen LogP contribution is -2.44. The van der Waals surface area contributed by atoms with Crippen molar-refractivity contribution in [1.82, 2.24) is 9.73 Å². The molecule has 2 atom stereocenters. The van der Waals surface area contributed by atoms with E-state index in [1.54, 1.807) is 0 Å². The second-order valence-electron chi connectivity index (χ2n) is 5.05. The fourth-order valence-corrected chi connectivity index (χ4v) is 3.35. The minimum absolute atomic E-state index is 0.0909. The summed E-state index contributed by atoms with van der Waals surface area (Å²) in [6.45, 7) is 0.712. The van der Waals surface area contributed by atoms with Gasteiger partial charge < -0.3 is 0 Å². The number of halogens is 3. The van der Waals surface area contributed by atoms with Crippen LogP contribution in [-0.2, 0) is 10.0 Å². The van der Waals surface area contributed by atoms with E-state index in [1.165, 1.54) is 4.31 Å². The molecule has 0 aromatic rings. The molecule has 114 valence electrons. The van der Waals surface area contributed by atoms with E-state index >= 15 is 0 Å². The lowest BCUT2D eigenvalue weighted by atomic mass is 9.91. The molecule has 0 bridgehead atoms. The molecule has 0 saturated carbocycles. The lowest BCUT2D eigenvalue weighted by Gasteiger charge is -2.33. The topological polar surface area (TPSA) is 75.4 Å². The SMILES string of the molecule is CS(=O)(=O)N1CCCC(CC(CC(F)(F)F)NN)C1. The van der Waals surface area contributed by atoms with Gasteiger partial charge in [0.2, 0.25) is 10.0 Å². The van der Waals surface area contributed by atoms with Gasteiger partial charge in [-0.3, -0.25) is 11.3 Å². The molecule has 19 heavy (non-hydrogen) atoms. The summed E-state index contributed by atoms with van der Waals surface area (Å²) >= 11 is 0. The molecule has 0 radical (unpaired) electrons. The molecule has 2 unspecified atom stereocenters. The van der Waals surface area contributed by atoms with Crippen molar-refractivity contribution in [2.75, 3.05) is 19.3 Å². The molecular formula is C10H20F3N3O2S. The molecule has 0 aromatic carbocycles. The van der Waals surface area contributed by atoms with Gasteiger partial charge in [-0.25, -0.2) is 12.7 Å². The fraction of sp³-hybridized carbons (Fsp3) is 1.00. The van der Waals surface area contributed by atoms with Crippen molar-refractivity contribution in [3.05, 3.63) is 0 Å². The lowest BCUT2D eigenvalue weighted by molar-refractivity contribution is -0.141. The summed E-state index contributed by atoms with van der Waals surface area (Å²) in [7, 11) is -3.28. The number of alkyl halides is 3. The van der Waals surface area contributed by atoms with Crippen LogP contribution in [0.2, 0.25) is 0 Å². The van der Waals surface area contributed by atoms with Crippen molar-refractivity contribution in [3.63, 3.8) is 0 Å². The van der Waals surface area contributed by atoms with Gasteiger partial charge in [-0.2, -0.15) is 13.2 Å². The van der Waals surface area contributed by atoms with Crippen molar-refractivity contribution in [2.24, 2.45) is 11.8 Å². The standard InChI is InChI=1S/C10H20F3N3O2S/c1-19(17,18)16-4-2-3-8(7-16)5-9(15-14)6-10(11,12)13/h8-9,15H,2-7,14H2,1H3.